The number of nitrogens with zero attached hydrogens (tertiary/aromatic N) is 2. The van der Waals surface area contributed by atoms with Crippen LogP contribution in [0.5, 0.6) is 0 Å². The second-order valence-electron chi connectivity index (χ2n) is 5.36. The lowest BCUT2D eigenvalue weighted by Crippen LogP contribution is -2.46. The summed E-state index contributed by atoms with van der Waals surface area (Å²) in [5.74, 6) is 0.456. The summed E-state index contributed by atoms with van der Waals surface area (Å²) < 4.78 is 5.20. The molecule has 0 spiro atoms. The standard InChI is InChI=1S/C13H25N3O3/c1-11(2)8-14-12(17)9-15(3)10-13(18)16-4-6-19-7-5-16/h11H,4-10H2,1-3H3,(H,14,17). The molecule has 1 aliphatic rings. The van der Waals surface area contributed by atoms with Crippen molar-refractivity contribution < 1.29 is 14.3 Å². The fraction of sp³-hybridized carbons (Fsp3) is 0.846. The van der Waals surface area contributed by atoms with Crippen molar-refractivity contribution in [3.63, 3.8) is 0 Å². The first-order valence-corrected chi connectivity index (χ1v) is 6.79. The Morgan fingerprint density at radius 3 is 2.47 bits per heavy atom. The molecule has 0 aromatic carbocycles. The normalized spacial score (nSPS) is 15.9. The van der Waals surface area contributed by atoms with Crippen LogP contribution in [-0.4, -0.2) is 74.6 Å². The molecule has 0 aromatic heterocycles. The molecule has 0 aliphatic carbocycles. The maximum Gasteiger partial charge on any atom is 0.236 e. The van der Waals surface area contributed by atoms with Crippen molar-refractivity contribution in [2.24, 2.45) is 5.92 Å². The highest BCUT2D eigenvalue weighted by atomic mass is 16.5. The van der Waals surface area contributed by atoms with Crippen LogP contribution in [0.3, 0.4) is 0 Å². The quantitative estimate of drug-likeness (QED) is 0.711. The monoisotopic (exact) mass is 271 g/mol. The highest BCUT2D eigenvalue weighted by Crippen LogP contribution is 1.98. The summed E-state index contributed by atoms with van der Waals surface area (Å²) in [5, 5.41) is 2.84. The van der Waals surface area contributed by atoms with Gasteiger partial charge in [-0.15, -0.1) is 0 Å². The molecule has 1 rings (SSSR count). The smallest absolute Gasteiger partial charge is 0.236 e. The lowest BCUT2D eigenvalue weighted by molar-refractivity contribution is -0.136. The van der Waals surface area contributed by atoms with E-state index in [0.717, 1.165) is 0 Å². The van der Waals surface area contributed by atoms with E-state index in [1.807, 2.05) is 13.8 Å². The molecule has 6 nitrogen and oxygen atoms in total. The van der Waals surface area contributed by atoms with E-state index in [0.29, 0.717) is 38.8 Å². The Hall–Kier alpha value is -1.14. The molecule has 0 atom stereocenters. The molecule has 1 fully saturated rings. The first kappa shape index (κ1) is 15.9. The van der Waals surface area contributed by atoms with Crippen molar-refractivity contribution >= 4 is 11.8 Å². The topological polar surface area (TPSA) is 61.9 Å². The van der Waals surface area contributed by atoms with Crippen LogP contribution in [0.15, 0.2) is 0 Å². The van der Waals surface area contributed by atoms with Gasteiger partial charge in [0.2, 0.25) is 11.8 Å². The van der Waals surface area contributed by atoms with E-state index in [2.05, 4.69) is 5.32 Å². The molecule has 1 saturated heterocycles. The summed E-state index contributed by atoms with van der Waals surface area (Å²) in [5.41, 5.74) is 0. The third-order valence-electron chi connectivity index (χ3n) is 2.89. The van der Waals surface area contributed by atoms with Gasteiger partial charge in [-0.25, -0.2) is 0 Å². The van der Waals surface area contributed by atoms with Gasteiger partial charge in [-0.3, -0.25) is 14.5 Å². The first-order valence-electron chi connectivity index (χ1n) is 6.79. The zero-order valence-electron chi connectivity index (χ0n) is 12.1. The van der Waals surface area contributed by atoms with E-state index < -0.39 is 0 Å². The Morgan fingerprint density at radius 2 is 1.89 bits per heavy atom. The van der Waals surface area contributed by atoms with Crippen LogP contribution in [0.4, 0.5) is 0 Å². The van der Waals surface area contributed by atoms with Crippen molar-refractivity contribution in [1.29, 1.82) is 0 Å². The van der Waals surface area contributed by atoms with Crippen LogP contribution in [0.2, 0.25) is 0 Å². The van der Waals surface area contributed by atoms with Crippen molar-refractivity contribution in [1.82, 2.24) is 15.1 Å². The Morgan fingerprint density at radius 1 is 1.26 bits per heavy atom. The van der Waals surface area contributed by atoms with E-state index in [9.17, 15) is 9.59 Å². The van der Waals surface area contributed by atoms with Gasteiger partial charge < -0.3 is 15.0 Å². The SMILES string of the molecule is CC(C)CNC(=O)CN(C)CC(=O)N1CCOCC1. The number of amides is 2. The summed E-state index contributed by atoms with van der Waals surface area (Å²) >= 11 is 0. The average Bonchev–Trinajstić information content (AvgIpc) is 2.37. The summed E-state index contributed by atoms with van der Waals surface area (Å²) in [4.78, 5) is 27.1. The number of carbonyl (C=O) groups is 2. The lowest BCUT2D eigenvalue weighted by atomic mass is 10.2. The van der Waals surface area contributed by atoms with Crippen molar-refractivity contribution in [3.05, 3.63) is 0 Å². The molecule has 110 valence electrons. The van der Waals surface area contributed by atoms with E-state index in [4.69, 9.17) is 4.74 Å². The highest BCUT2D eigenvalue weighted by Gasteiger charge is 2.19. The summed E-state index contributed by atoms with van der Waals surface area (Å²) in [6.45, 7) is 7.78. The number of rotatable bonds is 6. The zero-order chi connectivity index (χ0) is 14.3. The number of nitrogens with one attached hydrogen (secondary N) is 1. The molecule has 0 unspecified atom stereocenters. The van der Waals surface area contributed by atoms with Crippen LogP contribution < -0.4 is 5.32 Å². The Kier molecular flexibility index (Phi) is 6.80. The molecule has 0 radical (unpaired) electrons. The first-order chi connectivity index (χ1) is 8.99. The average molecular weight is 271 g/mol. The molecule has 1 heterocycles. The van der Waals surface area contributed by atoms with Crippen LogP contribution in [0.1, 0.15) is 13.8 Å². The minimum Gasteiger partial charge on any atom is -0.378 e. The number of carbonyl (C=O) groups excluding carboxylic acids is 2. The molecule has 0 bridgehead atoms. The van der Waals surface area contributed by atoms with Gasteiger partial charge in [-0.1, -0.05) is 13.8 Å². The van der Waals surface area contributed by atoms with E-state index in [1.54, 1.807) is 16.8 Å². The fourth-order valence-electron chi connectivity index (χ4n) is 1.82. The van der Waals surface area contributed by atoms with Gasteiger partial charge in [0.05, 0.1) is 26.3 Å². The molecular formula is C13H25N3O3. The van der Waals surface area contributed by atoms with Gasteiger partial charge >= 0.3 is 0 Å². The van der Waals surface area contributed by atoms with Gasteiger partial charge in [0.25, 0.3) is 0 Å². The van der Waals surface area contributed by atoms with Gasteiger partial charge in [0.1, 0.15) is 0 Å². The predicted octanol–water partition coefficient (Wildman–Crippen LogP) is -0.451. The van der Waals surface area contributed by atoms with Crippen molar-refractivity contribution in [3.8, 4) is 0 Å². The highest BCUT2D eigenvalue weighted by molar-refractivity contribution is 5.81. The second-order valence-corrected chi connectivity index (χ2v) is 5.36. The molecule has 6 heteroatoms. The molecule has 2 amide bonds. The third kappa shape index (κ3) is 6.54. The largest absolute Gasteiger partial charge is 0.378 e. The predicted molar refractivity (Wildman–Crippen MR) is 72.7 cm³/mol. The van der Waals surface area contributed by atoms with E-state index in [-0.39, 0.29) is 24.9 Å². The second kappa shape index (κ2) is 8.12. The molecule has 1 aliphatic heterocycles. The molecular weight excluding hydrogens is 246 g/mol. The van der Waals surface area contributed by atoms with Crippen LogP contribution >= 0.6 is 0 Å². The number of hydrogen-bond donors (Lipinski definition) is 1. The van der Waals surface area contributed by atoms with Crippen molar-refractivity contribution in [2.45, 2.75) is 13.8 Å². The molecule has 19 heavy (non-hydrogen) atoms. The van der Waals surface area contributed by atoms with E-state index >= 15 is 0 Å². The van der Waals surface area contributed by atoms with Gasteiger partial charge in [0, 0.05) is 19.6 Å². The summed E-state index contributed by atoms with van der Waals surface area (Å²) in [7, 11) is 1.79. The van der Waals surface area contributed by atoms with Crippen molar-refractivity contribution in [2.75, 3.05) is 53.0 Å². The lowest BCUT2D eigenvalue weighted by Gasteiger charge is -2.28. The minimum atomic E-state index is -0.0361. The fourth-order valence-corrected chi connectivity index (χ4v) is 1.82. The number of hydrogen-bond acceptors (Lipinski definition) is 4. The van der Waals surface area contributed by atoms with Gasteiger partial charge in [0.15, 0.2) is 0 Å². The third-order valence-corrected chi connectivity index (χ3v) is 2.89. The Bertz CT molecular complexity index is 302. The maximum atomic E-state index is 12.0. The summed E-state index contributed by atoms with van der Waals surface area (Å²) in [6.07, 6.45) is 0. The van der Waals surface area contributed by atoms with E-state index in [1.165, 1.54) is 0 Å². The molecule has 0 saturated carbocycles. The van der Waals surface area contributed by atoms with Crippen LogP contribution in [0, 0.1) is 5.92 Å². The number of morpholine rings is 1. The maximum absolute atomic E-state index is 12.0. The zero-order valence-corrected chi connectivity index (χ0v) is 12.1. The number of likely N-dealkylation sites (N-methyl/N-ethyl adjacent to an activating group) is 1. The molecule has 1 N–H and O–H groups in total. The molecule has 0 aromatic rings. The Balaban J connectivity index is 2.23. The summed E-state index contributed by atoms with van der Waals surface area (Å²) in [6, 6.07) is 0. The van der Waals surface area contributed by atoms with Crippen LogP contribution in [0.25, 0.3) is 0 Å². The number of ether oxygens (including phenoxy) is 1. The van der Waals surface area contributed by atoms with Gasteiger partial charge in [-0.05, 0) is 13.0 Å². The van der Waals surface area contributed by atoms with Gasteiger partial charge in [-0.2, -0.15) is 0 Å². The Labute approximate surface area is 115 Å². The van der Waals surface area contributed by atoms with Crippen LogP contribution in [-0.2, 0) is 14.3 Å². The minimum absolute atomic E-state index is 0.0361.